The van der Waals surface area contributed by atoms with Crippen molar-refractivity contribution >= 4 is 6.03 Å². The number of aryl methyl sites for hydroxylation is 1. The molecule has 3 heterocycles. The molecule has 2 saturated heterocycles. The van der Waals surface area contributed by atoms with E-state index in [9.17, 15) is 4.79 Å². The Morgan fingerprint density at radius 1 is 1.25 bits per heavy atom. The Morgan fingerprint density at radius 2 is 2.04 bits per heavy atom. The number of hydrogen-bond donors (Lipinski definition) is 1. The van der Waals surface area contributed by atoms with E-state index in [1.807, 2.05) is 53.0 Å². The van der Waals surface area contributed by atoms with Crippen LogP contribution in [0, 0.1) is 0 Å². The lowest BCUT2D eigenvalue weighted by atomic mass is 10.1. The second-order valence-corrected chi connectivity index (χ2v) is 7.61. The predicted octanol–water partition coefficient (Wildman–Crippen LogP) is 2.02. The topological polar surface area (TPSA) is 62.6 Å². The third kappa shape index (κ3) is 4.36. The highest BCUT2D eigenvalue weighted by Gasteiger charge is 2.27. The molecule has 0 radical (unpaired) electrons. The molecular weight excluding hydrogens is 354 g/mol. The predicted molar refractivity (Wildman–Crippen MR) is 107 cm³/mol. The van der Waals surface area contributed by atoms with Gasteiger partial charge in [-0.3, -0.25) is 4.90 Å². The number of rotatable bonds is 5. The summed E-state index contributed by atoms with van der Waals surface area (Å²) < 4.78 is 7.70. The second kappa shape index (κ2) is 8.75. The average molecular weight is 383 g/mol. The number of aromatic nitrogens is 2. The van der Waals surface area contributed by atoms with Crippen LogP contribution in [0.25, 0.3) is 0 Å². The maximum absolute atomic E-state index is 13.0. The van der Waals surface area contributed by atoms with E-state index in [1.54, 1.807) is 6.20 Å². The molecule has 7 nitrogen and oxygen atoms in total. The zero-order valence-corrected chi connectivity index (χ0v) is 16.5. The van der Waals surface area contributed by atoms with Gasteiger partial charge in [-0.2, -0.15) is 0 Å². The van der Waals surface area contributed by atoms with Gasteiger partial charge in [-0.25, -0.2) is 9.78 Å². The summed E-state index contributed by atoms with van der Waals surface area (Å²) in [7, 11) is 1.95. The number of hydrogen-bond acceptors (Lipinski definition) is 4. The number of piperazine rings is 1. The Balaban J connectivity index is 1.38. The molecule has 0 spiro atoms. The summed E-state index contributed by atoms with van der Waals surface area (Å²) in [5.41, 5.74) is 1.03. The molecule has 0 unspecified atom stereocenters. The lowest BCUT2D eigenvalue weighted by Crippen LogP contribution is -2.53. The molecule has 2 aliphatic rings. The van der Waals surface area contributed by atoms with Crippen molar-refractivity contribution in [3.05, 3.63) is 54.1 Å². The summed E-state index contributed by atoms with van der Waals surface area (Å²) in [6, 6.07) is 9.71. The molecule has 150 valence electrons. The number of urea groups is 1. The van der Waals surface area contributed by atoms with Gasteiger partial charge in [0.25, 0.3) is 0 Å². The van der Waals surface area contributed by atoms with Crippen LogP contribution in [-0.4, -0.2) is 70.8 Å². The molecule has 4 rings (SSSR count). The van der Waals surface area contributed by atoms with E-state index in [0.717, 1.165) is 57.1 Å². The quantitative estimate of drug-likeness (QED) is 0.858. The van der Waals surface area contributed by atoms with Gasteiger partial charge >= 0.3 is 6.03 Å². The van der Waals surface area contributed by atoms with Crippen molar-refractivity contribution in [3.8, 4) is 0 Å². The molecule has 7 heteroatoms. The standard InChI is InChI=1S/C21H29N5O2/c1-24-10-9-22-20(24)19(17-6-3-2-4-7-17)23-21(27)26-13-11-25(12-14-26)16-18-8-5-15-28-18/h2-4,6-7,9-10,18-19H,5,8,11-16H2,1H3,(H,23,27)/t18-,19+/m0/s1. The largest absolute Gasteiger partial charge is 0.377 e. The van der Waals surface area contributed by atoms with Crippen LogP contribution in [0.1, 0.15) is 30.3 Å². The Kier molecular flexibility index (Phi) is 5.92. The zero-order chi connectivity index (χ0) is 19.3. The highest BCUT2D eigenvalue weighted by atomic mass is 16.5. The number of benzene rings is 1. The smallest absolute Gasteiger partial charge is 0.318 e. The van der Waals surface area contributed by atoms with Crippen LogP contribution in [-0.2, 0) is 11.8 Å². The first kappa shape index (κ1) is 19.0. The molecule has 2 atom stereocenters. The Bertz CT molecular complexity index is 764. The van der Waals surface area contributed by atoms with E-state index in [0.29, 0.717) is 6.10 Å². The van der Waals surface area contributed by atoms with Crippen molar-refractivity contribution in [2.75, 3.05) is 39.3 Å². The third-order valence-corrected chi connectivity index (χ3v) is 5.66. The van der Waals surface area contributed by atoms with E-state index in [-0.39, 0.29) is 12.1 Å². The van der Waals surface area contributed by atoms with Crippen molar-refractivity contribution in [2.24, 2.45) is 7.05 Å². The van der Waals surface area contributed by atoms with Gasteiger partial charge < -0.3 is 19.5 Å². The molecule has 2 aromatic rings. The number of nitrogens with one attached hydrogen (secondary N) is 1. The number of nitrogens with zero attached hydrogens (tertiary/aromatic N) is 4. The molecule has 2 aliphatic heterocycles. The number of carbonyl (C=O) groups is 1. The van der Waals surface area contributed by atoms with Crippen molar-refractivity contribution in [1.29, 1.82) is 0 Å². The first-order valence-corrected chi connectivity index (χ1v) is 10.1. The van der Waals surface area contributed by atoms with Crippen LogP contribution in [0.3, 0.4) is 0 Å². The average Bonchev–Trinajstić information content (AvgIpc) is 3.39. The number of imidazole rings is 1. The maximum atomic E-state index is 13.0. The van der Waals surface area contributed by atoms with Crippen LogP contribution < -0.4 is 5.32 Å². The van der Waals surface area contributed by atoms with Crippen LogP contribution in [0.2, 0.25) is 0 Å². The van der Waals surface area contributed by atoms with Gasteiger partial charge in [-0.05, 0) is 18.4 Å². The number of carbonyl (C=O) groups excluding carboxylic acids is 1. The summed E-state index contributed by atoms with van der Waals surface area (Å²) in [6.07, 6.45) is 6.36. The highest BCUT2D eigenvalue weighted by molar-refractivity contribution is 5.75. The Labute approximate surface area is 166 Å². The number of ether oxygens (including phenoxy) is 1. The first-order valence-electron chi connectivity index (χ1n) is 10.1. The fourth-order valence-electron chi connectivity index (χ4n) is 4.02. The zero-order valence-electron chi connectivity index (χ0n) is 16.5. The van der Waals surface area contributed by atoms with E-state index < -0.39 is 0 Å². The van der Waals surface area contributed by atoms with Crippen molar-refractivity contribution in [3.63, 3.8) is 0 Å². The fraction of sp³-hybridized carbons (Fsp3) is 0.524. The summed E-state index contributed by atoms with van der Waals surface area (Å²) in [5, 5.41) is 3.19. The minimum Gasteiger partial charge on any atom is -0.377 e. The molecule has 0 saturated carbocycles. The molecule has 0 bridgehead atoms. The van der Waals surface area contributed by atoms with Crippen LogP contribution >= 0.6 is 0 Å². The molecular formula is C21H29N5O2. The summed E-state index contributed by atoms with van der Waals surface area (Å²) in [5.74, 6) is 0.830. The van der Waals surface area contributed by atoms with Gasteiger partial charge in [0.2, 0.25) is 0 Å². The van der Waals surface area contributed by atoms with Gasteiger partial charge in [0.05, 0.1) is 6.10 Å². The molecule has 1 N–H and O–H groups in total. The van der Waals surface area contributed by atoms with E-state index in [4.69, 9.17) is 4.74 Å². The number of amides is 2. The monoisotopic (exact) mass is 383 g/mol. The van der Waals surface area contributed by atoms with Crippen LogP contribution in [0.15, 0.2) is 42.7 Å². The van der Waals surface area contributed by atoms with Crippen molar-refractivity contribution in [1.82, 2.24) is 24.7 Å². The summed E-state index contributed by atoms with van der Waals surface area (Å²) in [4.78, 5) is 21.8. The SMILES string of the molecule is Cn1ccnc1[C@H](NC(=O)N1CCN(C[C@@H]2CCCO2)CC1)c1ccccc1. The second-order valence-electron chi connectivity index (χ2n) is 7.61. The van der Waals surface area contributed by atoms with E-state index >= 15 is 0 Å². The molecule has 1 aromatic carbocycles. The first-order chi connectivity index (χ1) is 13.7. The molecule has 1 aromatic heterocycles. The Morgan fingerprint density at radius 3 is 2.68 bits per heavy atom. The van der Waals surface area contributed by atoms with E-state index in [2.05, 4.69) is 15.2 Å². The minimum absolute atomic E-state index is 0.0337. The van der Waals surface area contributed by atoms with Gasteiger partial charge in [0.1, 0.15) is 11.9 Å². The molecule has 0 aliphatic carbocycles. The van der Waals surface area contributed by atoms with Crippen LogP contribution in [0.4, 0.5) is 4.79 Å². The Hall–Kier alpha value is -2.38. The van der Waals surface area contributed by atoms with Gasteiger partial charge in [0.15, 0.2) is 0 Å². The van der Waals surface area contributed by atoms with Gasteiger partial charge in [-0.1, -0.05) is 30.3 Å². The highest BCUT2D eigenvalue weighted by Crippen LogP contribution is 2.21. The van der Waals surface area contributed by atoms with Gasteiger partial charge in [0, 0.05) is 58.8 Å². The molecule has 28 heavy (non-hydrogen) atoms. The summed E-state index contributed by atoms with van der Waals surface area (Å²) >= 11 is 0. The summed E-state index contributed by atoms with van der Waals surface area (Å²) in [6.45, 7) is 5.13. The van der Waals surface area contributed by atoms with Crippen molar-refractivity contribution in [2.45, 2.75) is 25.0 Å². The molecule has 2 fully saturated rings. The van der Waals surface area contributed by atoms with E-state index in [1.165, 1.54) is 6.42 Å². The minimum atomic E-state index is -0.265. The normalized spacial score (nSPS) is 21.6. The van der Waals surface area contributed by atoms with Crippen LogP contribution in [0.5, 0.6) is 0 Å². The lowest BCUT2D eigenvalue weighted by molar-refractivity contribution is 0.0559. The maximum Gasteiger partial charge on any atom is 0.318 e. The van der Waals surface area contributed by atoms with Crippen molar-refractivity contribution < 1.29 is 9.53 Å². The van der Waals surface area contributed by atoms with Gasteiger partial charge in [-0.15, -0.1) is 0 Å². The third-order valence-electron chi connectivity index (χ3n) is 5.66. The molecule has 2 amide bonds. The fourth-order valence-corrected chi connectivity index (χ4v) is 4.02. The lowest BCUT2D eigenvalue weighted by Gasteiger charge is -2.36.